The van der Waals surface area contributed by atoms with Crippen molar-refractivity contribution >= 4 is 8.07 Å². The fourth-order valence-corrected chi connectivity index (χ4v) is 2.65. The summed E-state index contributed by atoms with van der Waals surface area (Å²) < 4.78 is 0. The fourth-order valence-electron chi connectivity index (χ4n) is 2.13. The molecule has 1 aromatic rings. The van der Waals surface area contributed by atoms with E-state index in [1.54, 1.807) is 0 Å². The summed E-state index contributed by atoms with van der Waals surface area (Å²) in [7, 11) is -1.44. The van der Waals surface area contributed by atoms with Gasteiger partial charge in [-0.15, -0.1) is 5.54 Å². The Hall–Kier alpha value is -1.30. The molecule has 0 aromatic heterocycles. The molecule has 120 valence electrons. The Labute approximate surface area is 137 Å². The third-order valence-electron chi connectivity index (χ3n) is 3.41. The van der Waals surface area contributed by atoms with Gasteiger partial charge in [0.05, 0.1) is 0 Å². The van der Waals surface area contributed by atoms with Crippen LogP contribution in [-0.4, -0.2) is 13.2 Å². The number of unbranched alkanes of at least 4 members (excludes halogenated alkanes) is 4. The molecule has 0 radical (unpaired) electrons. The Balaban J connectivity index is 2.85. The zero-order valence-corrected chi connectivity index (χ0v) is 15.5. The van der Waals surface area contributed by atoms with E-state index < -0.39 is 14.2 Å². The van der Waals surface area contributed by atoms with Crippen LogP contribution < -0.4 is 0 Å². The zero-order valence-electron chi connectivity index (χ0n) is 14.5. The molecule has 0 saturated carbocycles. The van der Waals surface area contributed by atoms with Crippen LogP contribution in [0.1, 0.15) is 50.7 Å². The highest BCUT2D eigenvalue weighted by atomic mass is 28.3. The van der Waals surface area contributed by atoms with Gasteiger partial charge in [-0.3, -0.25) is 0 Å². The van der Waals surface area contributed by atoms with E-state index in [-0.39, 0.29) is 0 Å². The molecule has 0 heterocycles. The summed E-state index contributed by atoms with van der Waals surface area (Å²) in [5.41, 5.74) is 5.17. The van der Waals surface area contributed by atoms with E-state index in [1.165, 1.54) is 25.7 Å². The quantitative estimate of drug-likeness (QED) is 0.400. The minimum atomic E-state index is -1.44. The van der Waals surface area contributed by atoms with Crippen molar-refractivity contribution in [2.75, 3.05) is 0 Å². The fraction of sp³-hybridized carbons (Fsp3) is 0.500. The van der Waals surface area contributed by atoms with Crippen LogP contribution in [0.3, 0.4) is 0 Å². The molecule has 1 nitrogen and oxygen atoms in total. The Kier molecular flexibility index (Phi) is 8.23. The van der Waals surface area contributed by atoms with Gasteiger partial charge in [0.15, 0.2) is 0 Å². The van der Waals surface area contributed by atoms with Gasteiger partial charge >= 0.3 is 0 Å². The predicted octanol–water partition coefficient (Wildman–Crippen LogP) is 5.50. The maximum Gasteiger partial charge on any atom is 0.129 e. The lowest BCUT2D eigenvalue weighted by molar-refractivity contribution is 0.220. The van der Waals surface area contributed by atoms with Crippen LogP contribution in [0, 0.1) is 11.5 Å². The van der Waals surface area contributed by atoms with Crippen molar-refractivity contribution in [2.24, 2.45) is 0 Å². The van der Waals surface area contributed by atoms with E-state index in [0.717, 1.165) is 17.6 Å². The molecule has 1 atom stereocenters. The van der Waals surface area contributed by atoms with Crippen molar-refractivity contribution < 1.29 is 5.11 Å². The molecule has 0 fully saturated rings. The maximum absolute atomic E-state index is 10.6. The van der Waals surface area contributed by atoms with E-state index in [2.05, 4.69) is 44.1 Å². The molecule has 1 rings (SSSR count). The van der Waals surface area contributed by atoms with Crippen molar-refractivity contribution in [2.45, 2.75) is 64.8 Å². The van der Waals surface area contributed by atoms with Gasteiger partial charge in [0.1, 0.15) is 14.2 Å². The average molecular weight is 315 g/mol. The second-order valence-electron chi connectivity index (χ2n) is 6.82. The topological polar surface area (TPSA) is 20.2 Å². The zero-order chi connectivity index (χ0) is 16.4. The van der Waals surface area contributed by atoms with Gasteiger partial charge in [-0.05, 0) is 18.4 Å². The summed E-state index contributed by atoms with van der Waals surface area (Å²) in [6.07, 6.45) is 7.50. The van der Waals surface area contributed by atoms with Crippen LogP contribution >= 0.6 is 0 Å². The first-order valence-electron chi connectivity index (χ1n) is 8.40. The van der Waals surface area contributed by atoms with Crippen LogP contribution in [0.5, 0.6) is 0 Å². The van der Waals surface area contributed by atoms with Crippen LogP contribution in [0.2, 0.25) is 19.6 Å². The monoisotopic (exact) mass is 314 g/mol. The van der Waals surface area contributed by atoms with Crippen molar-refractivity contribution in [3.8, 4) is 11.5 Å². The highest BCUT2D eigenvalue weighted by molar-refractivity contribution is 6.83. The van der Waals surface area contributed by atoms with Gasteiger partial charge in [-0.1, -0.05) is 88.2 Å². The minimum absolute atomic E-state index is 0.601. The van der Waals surface area contributed by atoms with E-state index >= 15 is 0 Å². The third kappa shape index (κ3) is 7.63. The summed E-state index contributed by atoms with van der Waals surface area (Å²) in [6, 6.07) is 9.82. The Morgan fingerprint density at radius 1 is 1.14 bits per heavy atom. The Bertz CT molecular complexity index is 514. The summed E-state index contributed by atoms with van der Waals surface area (Å²) >= 11 is 0. The number of aliphatic hydroxyl groups is 1. The normalized spacial score (nSPS) is 13.4. The lowest BCUT2D eigenvalue weighted by Gasteiger charge is -2.12. The molecule has 22 heavy (non-hydrogen) atoms. The number of allylic oxidation sites excluding steroid dienone is 1. The first-order valence-corrected chi connectivity index (χ1v) is 11.9. The van der Waals surface area contributed by atoms with Crippen LogP contribution in [-0.2, 0) is 0 Å². The molecule has 2 heteroatoms. The third-order valence-corrected chi connectivity index (χ3v) is 4.29. The number of rotatable bonds is 7. The van der Waals surface area contributed by atoms with E-state index in [1.807, 2.05) is 30.3 Å². The predicted molar refractivity (Wildman–Crippen MR) is 99.4 cm³/mol. The molecular formula is C20H30OSi. The van der Waals surface area contributed by atoms with E-state index in [4.69, 9.17) is 0 Å². The largest absolute Gasteiger partial charge is 0.383 e. The first kappa shape index (κ1) is 18.7. The Morgan fingerprint density at radius 2 is 1.82 bits per heavy atom. The van der Waals surface area contributed by atoms with Crippen molar-refractivity contribution in [1.29, 1.82) is 0 Å². The molecule has 0 aliphatic heterocycles. The summed E-state index contributed by atoms with van der Waals surface area (Å²) in [5.74, 6) is 3.27. The number of hydrogen-bond acceptors (Lipinski definition) is 1. The van der Waals surface area contributed by atoms with Crippen LogP contribution in [0.4, 0.5) is 0 Å². The van der Waals surface area contributed by atoms with Gasteiger partial charge in [0.2, 0.25) is 0 Å². The molecular weight excluding hydrogens is 284 g/mol. The molecule has 0 amide bonds. The highest BCUT2D eigenvalue weighted by Crippen LogP contribution is 2.22. The molecule has 0 saturated heterocycles. The smallest absolute Gasteiger partial charge is 0.129 e. The molecule has 1 aromatic carbocycles. The number of aliphatic hydroxyl groups excluding tert-OH is 1. The van der Waals surface area contributed by atoms with Gasteiger partial charge < -0.3 is 5.11 Å². The standard InChI is InChI=1S/C20H30OSi/c1-5-6-7-8-10-15-19(16-17-22(2,3)4)20(21)18-13-11-9-12-14-18/h9,11-15,20-21H,5-8,10H2,1-4H3/b19-15+. The van der Waals surface area contributed by atoms with Crippen LogP contribution in [0.25, 0.3) is 0 Å². The van der Waals surface area contributed by atoms with Gasteiger partial charge in [-0.2, -0.15) is 0 Å². The first-order chi connectivity index (χ1) is 10.4. The van der Waals surface area contributed by atoms with Crippen molar-refractivity contribution in [3.63, 3.8) is 0 Å². The minimum Gasteiger partial charge on any atom is -0.383 e. The summed E-state index contributed by atoms with van der Waals surface area (Å²) in [6.45, 7) is 8.91. The SMILES string of the molecule is CCCCCC/C=C(\C#C[Si](C)(C)C)C(O)c1ccccc1. The molecule has 0 bridgehead atoms. The summed E-state index contributed by atoms with van der Waals surface area (Å²) in [5, 5.41) is 10.6. The molecule has 0 spiro atoms. The lowest BCUT2D eigenvalue weighted by Crippen LogP contribution is -2.16. The van der Waals surface area contributed by atoms with Gasteiger partial charge in [0.25, 0.3) is 0 Å². The number of hydrogen-bond donors (Lipinski definition) is 1. The maximum atomic E-state index is 10.6. The molecule has 1 unspecified atom stereocenters. The van der Waals surface area contributed by atoms with Crippen molar-refractivity contribution in [1.82, 2.24) is 0 Å². The molecule has 0 aliphatic rings. The van der Waals surface area contributed by atoms with Crippen molar-refractivity contribution in [3.05, 3.63) is 47.5 Å². The average Bonchev–Trinajstić information content (AvgIpc) is 2.49. The highest BCUT2D eigenvalue weighted by Gasteiger charge is 2.13. The van der Waals surface area contributed by atoms with Gasteiger partial charge in [-0.25, -0.2) is 0 Å². The van der Waals surface area contributed by atoms with Gasteiger partial charge in [0, 0.05) is 5.57 Å². The lowest BCUT2D eigenvalue weighted by atomic mass is 10.0. The summed E-state index contributed by atoms with van der Waals surface area (Å²) in [4.78, 5) is 0. The van der Waals surface area contributed by atoms with E-state index in [9.17, 15) is 5.11 Å². The second-order valence-corrected chi connectivity index (χ2v) is 11.6. The number of benzene rings is 1. The molecule has 0 aliphatic carbocycles. The van der Waals surface area contributed by atoms with Crippen LogP contribution in [0.15, 0.2) is 42.0 Å². The second kappa shape index (κ2) is 9.66. The van der Waals surface area contributed by atoms with E-state index in [0.29, 0.717) is 0 Å². The molecule has 1 N–H and O–H groups in total. The Morgan fingerprint density at radius 3 is 2.41 bits per heavy atom.